The number of nitrogens with two attached hydrogens (primary N) is 1. The first-order valence-corrected chi connectivity index (χ1v) is 6.27. The first-order valence-electron chi connectivity index (χ1n) is 5.89. The Labute approximate surface area is 110 Å². The molecule has 3 rings (SSSR count). The van der Waals surface area contributed by atoms with Crippen LogP contribution in [0, 0.1) is 0 Å². The van der Waals surface area contributed by atoms with Crippen LogP contribution >= 0.6 is 11.6 Å². The van der Waals surface area contributed by atoms with E-state index in [-0.39, 0.29) is 0 Å². The van der Waals surface area contributed by atoms with Crippen LogP contribution in [0.2, 0.25) is 5.02 Å². The molecule has 0 saturated heterocycles. The summed E-state index contributed by atoms with van der Waals surface area (Å²) < 4.78 is 5.45. The number of aryl methyl sites for hydroxylation is 1. The van der Waals surface area contributed by atoms with Gasteiger partial charge in [0.15, 0.2) is 0 Å². The molecule has 0 bridgehead atoms. The number of hydrogen-bond donors (Lipinski definition) is 2. The summed E-state index contributed by atoms with van der Waals surface area (Å²) in [5, 5.41) is 7.39. The van der Waals surface area contributed by atoms with Crippen LogP contribution in [0.3, 0.4) is 0 Å². The van der Waals surface area contributed by atoms with Crippen molar-refractivity contribution in [2.24, 2.45) is 0 Å². The normalized spacial score (nSPS) is 13.7. The predicted octanol–water partition coefficient (Wildman–Crippen LogP) is 2.81. The zero-order valence-electron chi connectivity index (χ0n) is 10.1. The Morgan fingerprint density at radius 3 is 2.89 bits per heavy atom. The number of anilines is 1. The average Bonchev–Trinajstić information content (AvgIpc) is 2.97. The lowest BCUT2D eigenvalue weighted by Gasteiger charge is -2.13. The van der Waals surface area contributed by atoms with Crippen molar-refractivity contribution in [3.05, 3.63) is 28.4 Å². The van der Waals surface area contributed by atoms with Crippen molar-refractivity contribution in [3.8, 4) is 16.9 Å². The van der Waals surface area contributed by atoms with E-state index >= 15 is 0 Å². The lowest BCUT2D eigenvalue weighted by atomic mass is 10.0. The van der Waals surface area contributed by atoms with Crippen molar-refractivity contribution in [2.75, 3.05) is 12.8 Å². The monoisotopic (exact) mass is 263 g/mol. The van der Waals surface area contributed by atoms with Gasteiger partial charge in [-0.1, -0.05) is 11.6 Å². The molecule has 0 fully saturated rings. The van der Waals surface area contributed by atoms with Gasteiger partial charge in [0.1, 0.15) is 11.6 Å². The molecule has 1 heterocycles. The van der Waals surface area contributed by atoms with Crippen LogP contribution in [-0.4, -0.2) is 17.3 Å². The average molecular weight is 264 g/mol. The van der Waals surface area contributed by atoms with E-state index in [0.717, 1.165) is 30.4 Å². The van der Waals surface area contributed by atoms with Gasteiger partial charge in [0, 0.05) is 11.1 Å². The number of nitrogens with one attached hydrogen (secondary N) is 1. The SMILES string of the molecule is COc1c(-c2cn[nH]c2N)cc2c(c1Cl)CCC2. The number of ether oxygens (including phenoxy) is 1. The topological polar surface area (TPSA) is 63.9 Å². The molecule has 2 aromatic rings. The minimum Gasteiger partial charge on any atom is -0.495 e. The van der Waals surface area contributed by atoms with Gasteiger partial charge in [-0.2, -0.15) is 5.10 Å². The van der Waals surface area contributed by atoms with Crippen LogP contribution in [0.4, 0.5) is 5.82 Å². The summed E-state index contributed by atoms with van der Waals surface area (Å²) in [4.78, 5) is 0. The molecule has 4 nitrogen and oxygen atoms in total. The van der Waals surface area contributed by atoms with Crippen molar-refractivity contribution in [3.63, 3.8) is 0 Å². The van der Waals surface area contributed by atoms with E-state index in [1.54, 1.807) is 13.3 Å². The van der Waals surface area contributed by atoms with E-state index in [9.17, 15) is 0 Å². The van der Waals surface area contributed by atoms with Gasteiger partial charge in [-0.15, -0.1) is 0 Å². The zero-order valence-corrected chi connectivity index (χ0v) is 10.8. The van der Waals surface area contributed by atoms with Gasteiger partial charge in [0.2, 0.25) is 0 Å². The first-order chi connectivity index (χ1) is 8.72. The molecule has 0 unspecified atom stereocenters. The summed E-state index contributed by atoms with van der Waals surface area (Å²) >= 11 is 6.43. The number of fused-ring (bicyclic) bond motifs is 1. The lowest BCUT2D eigenvalue weighted by Crippen LogP contribution is -1.96. The third-order valence-electron chi connectivity index (χ3n) is 3.45. The fourth-order valence-corrected chi connectivity index (χ4v) is 2.98. The third kappa shape index (κ3) is 1.56. The molecule has 1 aromatic carbocycles. The highest BCUT2D eigenvalue weighted by atomic mass is 35.5. The van der Waals surface area contributed by atoms with Crippen molar-refractivity contribution in [2.45, 2.75) is 19.3 Å². The third-order valence-corrected chi connectivity index (χ3v) is 3.85. The van der Waals surface area contributed by atoms with Crippen molar-refractivity contribution >= 4 is 17.4 Å². The molecule has 0 saturated carbocycles. The van der Waals surface area contributed by atoms with Crippen molar-refractivity contribution < 1.29 is 4.74 Å². The predicted molar refractivity (Wildman–Crippen MR) is 72.0 cm³/mol. The van der Waals surface area contributed by atoms with Crippen molar-refractivity contribution in [1.29, 1.82) is 0 Å². The number of benzene rings is 1. The summed E-state index contributed by atoms with van der Waals surface area (Å²) in [6, 6.07) is 2.12. The van der Waals surface area contributed by atoms with Crippen LogP contribution in [0.15, 0.2) is 12.3 Å². The number of hydrogen-bond acceptors (Lipinski definition) is 3. The Balaban J connectivity index is 2.27. The highest BCUT2D eigenvalue weighted by molar-refractivity contribution is 6.33. The number of aromatic nitrogens is 2. The lowest BCUT2D eigenvalue weighted by molar-refractivity contribution is 0.416. The molecule has 0 atom stereocenters. The van der Waals surface area contributed by atoms with Crippen LogP contribution in [-0.2, 0) is 12.8 Å². The Morgan fingerprint density at radius 1 is 1.39 bits per heavy atom. The van der Waals surface area contributed by atoms with E-state index in [2.05, 4.69) is 16.3 Å². The second kappa shape index (κ2) is 4.21. The maximum atomic E-state index is 6.43. The Hall–Kier alpha value is -1.68. The standard InChI is InChI=1S/C13H14ClN3O/c1-18-12-9(10-6-16-17-13(10)15)5-7-3-2-4-8(7)11(12)14/h5-6H,2-4H2,1H3,(H3,15,16,17). The molecule has 94 valence electrons. The van der Waals surface area contributed by atoms with E-state index in [1.165, 1.54) is 11.1 Å². The second-order valence-electron chi connectivity index (χ2n) is 4.46. The number of aromatic amines is 1. The van der Waals surface area contributed by atoms with Crippen molar-refractivity contribution in [1.82, 2.24) is 10.2 Å². The highest BCUT2D eigenvalue weighted by Gasteiger charge is 2.22. The van der Waals surface area contributed by atoms with Gasteiger partial charge in [-0.3, -0.25) is 5.10 Å². The number of nitrogen functional groups attached to an aromatic ring is 1. The molecule has 1 aromatic heterocycles. The van der Waals surface area contributed by atoms with E-state index in [4.69, 9.17) is 22.1 Å². The van der Waals surface area contributed by atoms with E-state index in [1.807, 2.05) is 0 Å². The summed E-state index contributed by atoms with van der Waals surface area (Å²) in [7, 11) is 1.63. The molecule has 0 radical (unpaired) electrons. The maximum absolute atomic E-state index is 6.43. The van der Waals surface area contributed by atoms with Gasteiger partial charge in [0.05, 0.1) is 18.3 Å². The van der Waals surface area contributed by atoms with Gasteiger partial charge in [0.25, 0.3) is 0 Å². The molecule has 5 heteroatoms. The summed E-state index contributed by atoms with van der Waals surface area (Å²) in [5.74, 6) is 1.22. The first kappa shape index (κ1) is 11.4. The molecule has 0 spiro atoms. The number of nitrogens with zero attached hydrogens (tertiary/aromatic N) is 1. The van der Waals surface area contributed by atoms with Gasteiger partial charge in [-0.25, -0.2) is 0 Å². The van der Waals surface area contributed by atoms with Gasteiger partial charge in [-0.05, 0) is 36.5 Å². The molecule has 0 aliphatic heterocycles. The fraction of sp³-hybridized carbons (Fsp3) is 0.308. The van der Waals surface area contributed by atoms with E-state index in [0.29, 0.717) is 16.6 Å². The van der Waals surface area contributed by atoms with Gasteiger partial charge < -0.3 is 10.5 Å². The Bertz CT molecular complexity index is 607. The molecule has 3 N–H and O–H groups in total. The highest BCUT2D eigenvalue weighted by Crippen LogP contribution is 2.44. The number of methoxy groups -OCH3 is 1. The van der Waals surface area contributed by atoms with Crippen LogP contribution in [0.25, 0.3) is 11.1 Å². The number of rotatable bonds is 2. The van der Waals surface area contributed by atoms with E-state index < -0.39 is 0 Å². The molecule has 1 aliphatic carbocycles. The Kier molecular flexibility index (Phi) is 2.67. The largest absolute Gasteiger partial charge is 0.495 e. The zero-order chi connectivity index (χ0) is 12.7. The van der Waals surface area contributed by atoms with Crippen LogP contribution in [0.1, 0.15) is 17.5 Å². The minimum absolute atomic E-state index is 0.530. The Morgan fingerprint density at radius 2 is 2.22 bits per heavy atom. The molecule has 1 aliphatic rings. The molecule has 0 amide bonds. The second-order valence-corrected chi connectivity index (χ2v) is 4.84. The minimum atomic E-state index is 0.530. The van der Waals surface area contributed by atoms with Crippen LogP contribution < -0.4 is 10.5 Å². The fourth-order valence-electron chi connectivity index (χ4n) is 2.58. The maximum Gasteiger partial charge on any atom is 0.145 e. The van der Waals surface area contributed by atoms with Crippen LogP contribution in [0.5, 0.6) is 5.75 Å². The van der Waals surface area contributed by atoms with Gasteiger partial charge >= 0.3 is 0 Å². The number of H-pyrrole nitrogens is 1. The molecule has 18 heavy (non-hydrogen) atoms. The quantitative estimate of drug-likeness (QED) is 0.876. The number of halogens is 1. The summed E-state index contributed by atoms with van der Waals surface area (Å²) in [5.41, 5.74) is 10.1. The summed E-state index contributed by atoms with van der Waals surface area (Å²) in [6.07, 6.45) is 4.92. The smallest absolute Gasteiger partial charge is 0.145 e. The summed E-state index contributed by atoms with van der Waals surface area (Å²) in [6.45, 7) is 0. The molecular weight excluding hydrogens is 250 g/mol. The molecular formula is C13H14ClN3O.